The van der Waals surface area contributed by atoms with Gasteiger partial charge in [-0.1, -0.05) is 6.07 Å². The molecule has 4 aromatic rings. The number of carbonyl (C=O) groups is 1. The van der Waals surface area contributed by atoms with Crippen molar-refractivity contribution < 1.29 is 27.1 Å². The predicted molar refractivity (Wildman–Crippen MR) is 137 cm³/mol. The van der Waals surface area contributed by atoms with E-state index >= 15 is 0 Å². The van der Waals surface area contributed by atoms with Crippen molar-refractivity contribution in [3.05, 3.63) is 89.8 Å². The lowest BCUT2D eigenvalue weighted by Gasteiger charge is -2.13. The van der Waals surface area contributed by atoms with Crippen molar-refractivity contribution in [3.63, 3.8) is 0 Å². The van der Waals surface area contributed by atoms with Gasteiger partial charge in [0.05, 0.1) is 11.9 Å². The van der Waals surface area contributed by atoms with Crippen LogP contribution >= 0.6 is 11.3 Å². The number of aliphatic hydroxyl groups excluding tert-OH is 1. The van der Waals surface area contributed by atoms with Gasteiger partial charge in [0.15, 0.2) is 0 Å². The predicted octanol–water partition coefficient (Wildman–Crippen LogP) is 4.89. The van der Waals surface area contributed by atoms with Crippen molar-refractivity contribution in [2.75, 3.05) is 17.9 Å². The summed E-state index contributed by atoms with van der Waals surface area (Å²) >= 11 is 1.48. The molecule has 1 aliphatic heterocycles. The van der Waals surface area contributed by atoms with Crippen molar-refractivity contribution in [3.8, 4) is 20.9 Å². The summed E-state index contributed by atoms with van der Waals surface area (Å²) in [6, 6.07) is 13.4. The molecule has 11 heteroatoms. The Morgan fingerprint density at radius 3 is 2.54 bits per heavy atom. The van der Waals surface area contributed by atoms with Crippen LogP contribution in [-0.2, 0) is 16.6 Å². The van der Waals surface area contributed by atoms with E-state index in [1.165, 1.54) is 17.5 Å². The van der Waals surface area contributed by atoms with E-state index in [4.69, 9.17) is 5.11 Å². The van der Waals surface area contributed by atoms with Crippen molar-refractivity contribution in [1.82, 2.24) is 9.88 Å². The summed E-state index contributed by atoms with van der Waals surface area (Å²) in [5, 5.41) is 9.06. The smallest absolute Gasteiger partial charge is 0.264 e. The van der Waals surface area contributed by atoms with E-state index in [9.17, 15) is 22.0 Å². The number of hydrogen-bond donors (Lipinski definition) is 2. The molecule has 190 valence electrons. The first-order valence-electron chi connectivity index (χ1n) is 11.3. The van der Waals surface area contributed by atoms with E-state index < -0.39 is 26.6 Å². The SMILES string of the molecule is O=C1c2ccc(-c3ccc(-c4cncc(NS(=O)(=O)c5ccc(F)cc5F)c4)s3)cc2CN1CCCO. The van der Waals surface area contributed by atoms with Crippen LogP contribution in [0.5, 0.6) is 0 Å². The molecule has 1 aliphatic rings. The van der Waals surface area contributed by atoms with Crippen molar-refractivity contribution >= 4 is 33.0 Å². The molecule has 1 amide bonds. The molecular formula is C26H21F2N3O4S2. The first-order valence-corrected chi connectivity index (χ1v) is 13.6. The number of amides is 1. The maximum absolute atomic E-state index is 14.0. The molecule has 2 aromatic heterocycles. The number of nitrogens with one attached hydrogen (secondary N) is 1. The zero-order valence-corrected chi connectivity index (χ0v) is 21.0. The molecule has 2 aromatic carbocycles. The third-order valence-corrected chi connectivity index (χ3v) is 8.52. The van der Waals surface area contributed by atoms with E-state index in [1.54, 1.807) is 17.2 Å². The maximum Gasteiger partial charge on any atom is 0.264 e. The number of carbonyl (C=O) groups excluding carboxylic acids is 1. The highest BCUT2D eigenvalue weighted by Gasteiger charge is 2.27. The summed E-state index contributed by atoms with van der Waals surface area (Å²) in [7, 11) is -4.29. The molecule has 3 heterocycles. The topological polar surface area (TPSA) is 99.6 Å². The van der Waals surface area contributed by atoms with Crippen LogP contribution in [0.25, 0.3) is 20.9 Å². The lowest BCUT2D eigenvalue weighted by atomic mass is 10.1. The zero-order chi connectivity index (χ0) is 26.2. The van der Waals surface area contributed by atoms with Gasteiger partial charge in [-0.05, 0) is 60.0 Å². The molecule has 5 rings (SSSR count). The fourth-order valence-electron chi connectivity index (χ4n) is 4.16. The number of pyridine rings is 1. The quantitative estimate of drug-likeness (QED) is 0.331. The zero-order valence-electron chi connectivity index (χ0n) is 19.3. The molecule has 37 heavy (non-hydrogen) atoms. The summed E-state index contributed by atoms with van der Waals surface area (Å²) in [5.74, 6) is -2.09. The van der Waals surface area contributed by atoms with E-state index in [0.29, 0.717) is 36.7 Å². The third-order valence-electron chi connectivity index (χ3n) is 5.92. The Balaban J connectivity index is 1.36. The Morgan fingerprint density at radius 1 is 1.00 bits per heavy atom. The van der Waals surface area contributed by atoms with E-state index in [1.807, 2.05) is 30.3 Å². The minimum Gasteiger partial charge on any atom is -0.396 e. The maximum atomic E-state index is 14.0. The van der Waals surface area contributed by atoms with Crippen molar-refractivity contribution in [2.45, 2.75) is 17.9 Å². The summed E-state index contributed by atoms with van der Waals surface area (Å²) in [4.78, 5) is 19.5. The fourth-order valence-corrected chi connectivity index (χ4v) is 6.24. The Labute approximate surface area is 216 Å². The summed E-state index contributed by atoms with van der Waals surface area (Å²) in [6.07, 6.45) is 3.42. The van der Waals surface area contributed by atoms with Crippen molar-refractivity contribution in [1.29, 1.82) is 0 Å². The molecule has 0 unspecified atom stereocenters. The molecule has 0 radical (unpaired) electrons. The first kappa shape index (κ1) is 25.0. The number of aromatic nitrogens is 1. The number of thiophene rings is 1. The number of nitrogens with zero attached hydrogens (tertiary/aromatic N) is 2. The fraction of sp³-hybridized carbons (Fsp3) is 0.154. The number of halogens is 2. The lowest BCUT2D eigenvalue weighted by molar-refractivity contribution is 0.0768. The molecule has 2 N–H and O–H groups in total. The molecule has 0 saturated carbocycles. The first-order chi connectivity index (χ1) is 17.7. The highest BCUT2D eigenvalue weighted by molar-refractivity contribution is 7.92. The highest BCUT2D eigenvalue weighted by Crippen LogP contribution is 2.37. The number of aliphatic hydroxyl groups is 1. The average Bonchev–Trinajstić information content (AvgIpc) is 3.47. The number of anilines is 1. The number of hydrogen-bond acceptors (Lipinski definition) is 6. The van der Waals surface area contributed by atoms with Crippen LogP contribution in [0, 0.1) is 11.6 Å². The number of fused-ring (bicyclic) bond motifs is 1. The van der Waals surface area contributed by atoms with Gasteiger partial charge in [0, 0.05) is 52.8 Å². The Kier molecular flexibility index (Phi) is 6.76. The van der Waals surface area contributed by atoms with Crippen LogP contribution in [0.15, 0.2) is 71.9 Å². The number of benzene rings is 2. The van der Waals surface area contributed by atoms with E-state index in [0.717, 1.165) is 33.0 Å². The van der Waals surface area contributed by atoms with Crippen molar-refractivity contribution in [2.24, 2.45) is 0 Å². The van der Waals surface area contributed by atoms with Gasteiger partial charge in [0.1, 0.15) is 16.5 Å². The van der Waals surface area contributed by atoms with Gasteiger partial charge < -0.3 is 10.0 Å². The second-order valence-corrected chi connectivity index (χ2v) is 11.2. The van der Waals surface area contributed by atoms with Crippen LogP contribution in [0.2, 0.25) is 0 Å². The summed E-state index contributed by atoms with van der Waals surface area (Å²) in [5.41, 5.74) is 3.34. The normalized spacial score (nSPS) is 13.2. The Bertz CT molecular complexity index is 1610. The van der Waals surface area contributed by atoms with E-state index in [2.05, 4.69) is 9.71 Å². The van der Waals surface area contributed by atoms with Gasteiger partial charge in [-0.25, -0.2) is 17.2 Å². The molecule has 0 fully saturated rings. The average molecular weight is 542 g/mol. The molecular weight excluding hydrogens is 520 g/mol. The summed E-state index contributed by atoms with van der Waals surface area (Å²) < 4.78 is 54.8. The lowest BCUT2D eigenvalue weighted by Crippen LogP contribution is -2.25. The largest absolute Gasteiger partial charge is 0.396 e. The second-order valence-electron chi connectivity index (χ2n) is 8.48. The van der Waals surface area contributed by atoms with E-state index in [-0.39, 0.29) is 18.2 Å². The molecule has 0 atom stereocenters. The van der Waals surface area contributed by atoms with Gasteiger partial charge in [0.2, 0.25) is 0 Å². The standard InChI is InChI=1S/C26H21F2N3O4S2/c27-19-3-7-25(22(28)12-19)37(34,35)30-20-11-17(13-29-14-20)24-6-5-23(36-24)16-2-4-21-18(10-16)15-31(26(21)33)8-1-9-32/h2-7,10-14,30,32H,1,8-9,15H2. The second kappa shape index (κ2) is 10.0. The van der Waals surface area contributed by atoms with Crippen LogP contribution in [0.4, 0.5) is 14.5 Å². The van der Waals surface area contributed by atoms with Gasteiger partial charge in [-0.3, -0.25) is 14.5 Å². The highest BCUT2D eigenvalue weighted by atomic mass is 32.2. The van der Waals surface area contributed by atoms with Gasteiger partial charge in [0.25, 0.3) is 15.9 Å². The van der Waals surface area contributed by atoms with Crippen LogP contribution in [0.3, 0.4) is 0 Å². The minimum absolute atomic E-state index is 0.0317. The molecule has 0 bridgehead atoms. The van der Waals surface area contributed by atoms with Gasteiger partial charge in [-0.15, -0.1) is 11.3 Å². The molecule has 7 nitrogen and oxygen atoms in total. The Hall–Kier alpha value is -3.67. The van der Waals surface area contributed by atoms with Gasteiger partial charge in [-0.2, -0.15) is 0 Å². The van der Waals surface area contributed by atoms with Crippen LogP contribution in [0.1, 0.15) is 22.3 Å². The molecule has 0 aliphatic carbocycles. The minimum atomic E-state index is -4.29. The van der Waals surface area contributed by atoms with Crippen LogP contribution in [-0.4, -0.2) is 42.5 Å². The third kappa shape index (κ3) is 5.10. The monoisotopic (exact) mass is 541 g/mol. The van der Waals surface area contributed by atoms with Gasteiger partial charge >= 0.3 is 0 Å². The number of rotatable bonds is 8. The number of sulfonamides is 1. The van der Waals surface area contributed by atoms with Crippen LogP contribution < -0.4 is 4.72 Å². The Morgan fingerprint density at radius 2 is 1.78 bits per heavy atom. The molecule has 0 spiro atoms. The molecule has 0 saturated heterocycles. The summed E-state index contributed by atoms with van der Waals surface area (Å²) in [6.45, 7) is 1.04.